The fourth-order valence-corrected chi connectivity index (χ4v) is 5.17. The summed E-state index contributed by atoms with van der Waals surface area (Å²) < 4.78 is 0. The van der Waals surface area contributed by atoms with E-state index in [1.807, 2.05) is 37.2 Å². The Bertz CT molecular complexity index is 1190. The molecule has 2 aromatic heterocycles. The molecule has 3 heterocycles. The van der Waals surface area contributed by atoms with Crippen molar-refractivity contribution in [2.24, 2.45) is 0 Å². The van der Waals surface area contributed by atoms with Crippen LogP contribution in [0.25, 0.3) is 10.2 Å². The van der Waals surface area contributed by atoms with E-state index >= 15 is 0 Å². The molecular weight excluding hydrogens is 448 g/mol. The van der Waals surface area contributed by atoms with Crippen molar-refractivity contribution < 1.29 is 9.59 Å². The van der Waals surface area contributed by atoms with Crippen molar-refractivity contribution in [1.29, 1.82) is 0 Å². The maximum atomic E-state index is 12.7. The molecule has 2 N–H and O–H groups in total. The molecule has 0 saturated carbocycles. The monoisotopic (exact) mass is 478 g/mol. The van der Waals surface area contributed by atoms with Gasteiger partial charge in [-0.25, -0.2) is 9.97 Å². The number of nitrogens with one attached hydrogen (secondary N) is 2. The first-order chi connectivity index (χ1) is 16.5. The van der Waals surface area contributed by atoms with Crippen molar-refractivity contribution >= 4 is 39.2 Å². The van der Waals surface area contributed by atoms with Crippen LogP contribution in [-0.2, 0) is 22.7 Å². The van der Waals surface area contributed by atoms with Gasteiger partial charge in [-0.05, 0) is 26.1 Å². The molecule has 1 atom stereocenters. The van der Waals surface area contributed by atoms with Gasteiger partial charge in [-0.2, -0.15) is 0 Å². The highest BCUT2D eigenvalue weighted by molar-refractivity contribution is 7.19. The topological polar surface area (TPSA) is 90.5 Å². The summed E-state index contributed by atoms with van der Waals surface area (Å²) in [6, 6.07) is 10.4. The van der Waals surface area contributed by atoms with Crippen molar-refractivity contribution in [2.75, 3.05) is 32.5 Å². The second kappa shape index (κ2) is 10.8. The summed E-state index contributed by atoms with van der Waals surface area (Å²) >= 11 is 1.60. The Hall–Kier alpha value is -3.30. The number of benzene rings is 1. The Morgan fingerprint density at radius 1 is 1.18 bits per heavy atom. The van der Waals surface area contributed by atoms with Crippen LogP contribution < -0.4 is 10.6 Å². The van der Waals surface area contributed by atoms with Crippen LogP contribution in [0, 0.1) is 0 Å². The minimum Gasteiger partial charge on any atom is -0.363 e. The number of carbonyl (C=O) groups is 2. The fraction of sp³-hybridized carbons (Fsp3) is 0.360. The first-order valence-electron chi connectivity index (χ1n) is 11.4. The van der Waals surface area contributed by atoms with E-state index in [1.165, 1.54) is 17.7 Å². The lowest BCUT2D eigenvalue weighted by molar-refractivity contribution is -0.127. The van der Waals surface area contributed by atoms with Crippen LogP contribution in [0.4, 0.5) is 5.82 Å². The molecule has 1 aromatic carbocycles. The van der Waals surface area contributed by atoms with E-state index in [4.69, 9.17) is 0 Å². The molecule has 0 fully saturated rings. The first kappa shape index (κ1) is 23.8. The van der Waals surface area contributed by atoms with Crippen LogP contribution in [0.3, 0.4) is 0 Å². The highest BCUT2D eigenvalue weighted by Gasteiger charge is 2.29. The molecule has 0 spiro atoms. The number of carbonyl (C=O) groups excluding carboxylic acids is 2. The zero-order chi connectivity index (χ0) is 24.1. The Balaban J connectivity index is 1.47. The molecule has 0 aliphatic carbocycles. The molecule has 0 radical (unpaired) electrons. The van der Waals surface area contributed by atoms with Gasteiger partial charge in [0.05, 0.1) is 18.0 Å². The number of aromatic nitrogens is 2. The molecule has 8 nitrogen and oxygen atoms in total. The van der Waals surface area contributed by atoms with Crippen LogP contribution in [0.2, 0.25) is 0 Å². The Labute approximate surface area is 203 Å². The maximum absolute atomic E-state index is 12.7. The summed E-state index contributed by atoms with van der Waals surface area (Å²) in [4.78, 5) is 39.5. The Morgan fingerprint density at radius 3 is 2.71 bits per heavy atom. The van der Waals surface area contributed by atoms with Gasteiger partial charge in [0.2, 0.25) is 11.8 Å². The van der Waals surface area contributed by atoms with Gasteiger partial charge in [0.25, 0.3) is 0 Å². The smallest absolute Gasteiger partial charge is 0.247 e. The highest BCUT2D eigenvalue weighted by Crippen LogP contribution is 2.40. The van der Waals surface area contributed by atoms with Gasteiger partial charge in [0, 0.05) is 42.2 Å². The first-order valence-corrected chi connectivity index (χ1v) is 12.2. The number of amides is 2. The predicted molar refractivity (Wildman–Crippen MR) is 135 cm³/mol. The number of likely N-dealkylation sites (N-methyl/N-ethyl adjacent to an activating group) is 1. The standard InChI is InChI=1S/C25H30N6O2S/c1-4-19(17-8-6-5-7-9-17)29-24-23-18-14-31(15-20(18)34-25(23)28-16-27-24)22(33)11-10-21(32)26-12-13-30(2)3/h5-11,16,19H,4,12-15H2,1-3H3,(H,26,32)(H,27,28,29)/t19-/m1/s1. The average molecular weight is 479 g/mol. The van der Waals surface area contributed by atoms with Crippen molar-refractivity contribution in [3.05, 3.63) is 64.8 Å². The number of hydrogen-bond acceptors (Lipinski definition) is 7. The minimum atomic E-state index is -0.263. The predicted octanol–water partition coefficient (Wildman–Crippen LogP) is 3.33. The van der Waals surface area contributed by atoms with E-state index < -0.39 is 0 Å². The van der Waals surface area contributed by atoms with Gasteiger partial charge >= 0.3 is 0 Å². The number of anilines is 1. The minimum absolute atomic E-state index is 0.128. The lowest BCUT2D eigenvalue weighted by atomic mass is 10.0. The number of nitrogens with zero attached hydrogens (tertiary/aromatic N) is 4. The molecule has 0 saturated heterocycles. The third-order valence-corrected chi connectivity index (χ3v) is 6.95. The summed E-state index contributed by atoms with van der Waals surface area (Å²) in [7, 11) is 3.88. The Morgan fingerprint density at radius 2 is 1.97 bits per heavy atom. The van der Waals surface area contributed by atoms with Gasteiger partial charge in [0.1, 0.15) is 17.0 Å². The molecule has 0 bridgehead atoms. The molecule has 34 heavy (non-hydrogen) atoms. The number of rotatable bonds is 9. The second-order valence-electron chi connectivity index (χ2n) is 8.54. The normalized spacial score (nSPS) is 14.1. The van der Waals surface area contributed by atoms with Gasteiger partial charge in [-0.1, -0.05) is 37.3 Å². The largest absolute Gasteiger partial charge is 0.363 e. The average Bonchev–Trinajstić information content (AvgIpc) is 3.39. The maximum Gasteiger partial charge on any atom is 0.247 e. The lowest BCUT2D eigenvalue weighted by Crippen LogP contribution is -2.30. The quantitative estimate of drug-likeness (QED) is 0.459. The number of hydrogen-bond donors (Lipinski definition) is 2. The van der Waals surface area contributed by atoms with Gasteiger partial charge in [-0.3, -0.25) is 9.59 Å². The second-order valence-corrected chi connectivity index (χ2v) is 9.63. The van der Waals surface area contributed by atoms with E-state index in [9.17, 15) is 9.59 Å². The SMILES string of the molecule is CC[C@@H](Nc1ncnc2sc3c(c12)CN(C(=O)C=CC(=O)NCCN(C)C)C3)c1ccccc1. The zero-order valence-electron chi connectivity index (χ0n) is 19.7. The summed E-state index contributed by atoms with van der Waals surface area (Å²) in [5.74, 6) is 0.353. The van der Waals surface area contributed by atoms with Gasteiger partial charge in [-0.15, -0.1) is 11.3 Å². The van der Waals surface area contributed by atoms with Crippen molar-refractivity contribution in [2.45, 2.75) is 32.5 Å². The summed E-state index contributed by atoms with van der Waals surface area (Å²) in [6.07, 6.45) is 5.16. The summed E-state index contributed by atoms with van der Waals surface area (Å²) in [5, 5.41) is 7.36. The fourth-order valence-electron chi connectivity index (χ4n) is 4.00. The van der Waals surface area contributed by atoms with Crippen molar-refractivity contribution in [3.8, 4) is 0 Å². The van der Waals surface area contributed by atoms with Crippen molar-refractivity contribution in [1.82, 2.24) is 25.1 Å². The highest BCUT2D eigenvalue weighted by atomic mass is 32.1. The molecule has 9 heteroatoms. The van der Waals surface area contributed by atoms with Crippen LogP contribution in [-0.4, -0.2) is 58.8 Å². The van der Waals surface area contributed by atoms with Crippen molar-refractivity contribution in [3.63, 3.8) is 0 Å². The van der Waals surface area contributed by atoms with E-state index in [0.29, 0.717) is 19.6 Å². The molecule has 1 aliphatic heterocycles. The van der Waals surface area contributed by atoms with Crippen LogP contribution >= 0.6 is 11.3 Å². The Kier molecular flexibility index (Phi) is 7.54. The third kappa shape index (κ3) is 5.43. The van der Waals surface area contributed by atoms with E-state index in [0.717, 1.165) is 39.4 Å². The lowest BCUT2D eigenvalue weighted by Gasteiger charge is -2.19. The molecule has 0 unspecified atom stereocenters. The van der Waals surface area contributed by atoms with Crippen LogP contribution in [0.5, 0.6) is 0 Å². The van der Waals surface area contributed by atoms with Gasteiger partial charge < -0.3 is 20.4 Å². The molecular formula is C25H30N6O2S. The van der Waals surface area contributed by atoms with E-state index in [2.05, 4.69) is 39.7 Å². The summed E-state index contributed by atoms with van der Waals surface area (Å²) in [5.41, 5.74) is 2.29. The van der Waals surface area contributed by atoms with Crippen LogP contribution in [0.15, 0.2) is 48.8 Å². The molecule has 4 rings (SSSR count). The van der Waals surface area contributed by atoms with Crippen LogP contribution in [0.1, 0.15) is 35.4 Å². The molecule has 3 aromatic rings. The summed E-state index contributed by atoms with van der Waals surface area (Å²) in [6.45, 7) is 4.41. The zero-order valence-corrected chi connectivity index (χ0v) is 20.6. The van der Waals surface area contributed by atoms with Gasteiger partial charge in [0.15, 0.2) is 0 Å². The van der Waals surface area contributed by atoms with E-state index in [1.54, 1.807) is 22.6 Å². The third-order valence-electron chi connectivity index (χ3n) is 5.82. The number of thiophene rings is 1. The molecule has 1 aliphatic rings. The molecule has 178 valence electrons. The number of fused-ring (bicyclic) bond motifs is 3. The molecule has 2 amide bonds. The van der Waals surface area contributed by atoms with E-state index in [-0.39, 0.29) is 17.9 Å².